The molecule has 24 heavy (non-hydrogen) atoms. The highest BCUT2D eigenvalue weighted by Crippen LogP contribution is 2.20. The molecule has 0 aliphatic rings. The number of aromatic amines is 2. The van der Waals surface area contributed by atoms with Crippen LogP contribution in [0.3, 0.4) is 0 Å². The topological polar surface area (TPSA) is 94.8 Å². The molecule has 126 valence electrons. The van der Waals surface area contributed by atoms with Crippen molar-refractivity contribution in [3.05, 3.63) is 64.1 Å². The summed E-state index contributed by atoms with van der Waals surface area (Å²) in [5.74, 6) is 0.312. The van der Waals surface area contributed by atoms with Crippen LogP contribution in [-0.4, -0.2) is 18.4 Å². The van der Waals surface area contributed by atoms with E-state index in [1.54, 1.807) is 6.07 Å². The Balaban J connectivity index is 1.87. The number of aromatic nitrogens is 2. The van der Waals surface area contributed by atoms with Crippen LogP contribution >= 0.6 is 0 Å². The first-order valence-electron chi connectivity index (χ1n) is 7.66. The third-order valence-corrected chi connectivity index (χ3v) is 5.33. The van der Waals surface area contributed by atoms with E-state index < -0.39 is 10.0 Å². The number of benzene rings is 2. The van der Waals surface area contributed by atoms with Gasteiger partial charge in [0.2, 0.25) is 10.0 Å². The summed E-state index contributed by atoms with van der Waals surface area (Å²) < 4.78 is 27.7. The van der Waals surface area contributed by atoms with Crippen molar-refractivity contribution in [2.45, 2.75) is 31.2 Å². The van der Waals surface area contributed by atoms with Gasteiger partial charge in [-0.05, 0) is 35.2 Å². The van der Waals surface area contributed by atoms with Crippen LogP contribution in [0.1, 0.15) is 30.9 Å². The molecule has 0 saturated carbocycles. The summed E-state index contributed by atoms with van der Waals surface area (Å²) in [5, 5.41) is 0. The van der Waals surface area contributed by atoms with Crippen LogP contribution in [0.15, 0.2) is 52.2 Å². The molecule has 1 aromatic heterocycles. The van der Waals surface area contributed by atoms with Gasteiger partial charge >= 0.3 is 5.69 Å². The summed E-state index contributed by atoms with van der Waals surface area (Å²) in [6, 6.07) is 12.3. The van der Waals surface area contributed by atoms with Crippen molar-refractivity contribution in [1.29, 1.82) is 0 Å². The van der Waals surface area contributed by atoms with E-state index in [2.05, 4.69) is 28.5 Å². The Hall–Kier alpha value is -2.38. The molecule has 6 nitrogen and oxygen atoms in total. The predicted octanol–water partition coefficient (Wildman–Crippen LogP) is 2.46. The number of sulfonamides is 1. The molecule has 3 aromatic rings. The van der Waals surface area contributed by atoms with E-state index in [0.717, 1.165) is 11.1 Å². The van der Waals surface area contributed by atoms with Crippen molar-refractivity contribution in [3.8, 4) is 0 Å². The van der Waals surface area contributed by atoms with E-state index in [0.29, 0.717) is 17.0 Å². The zero-order chi connectivity index (χ0) is 17.3. The monoisotopic (exact) mass is 345 g/mol. The minimum absolute atomic E-state index is 0.118. The van der Waals surface area contributed by atoms with Crippen LogP contribution < -0.4 is 10.4 Å². The lowest BCUT2D eigenvalue weighted by atomic mass is 9.97. The van der Waals surface area contributed by atoms with Crippen LogP contribution in [0.25, 0.3) is 11.0 Å². The molecule has 3 rings (SSSR count). The summed E-state index contributed by atoms with van der Waals surface area (Å²) in [5.41, 5.74) is 2.74. The minimum atomic E-state index is -3.67. The van der Waals surface area contributed by atoms with Gasteiger partial charge in [-0.25, -0.2) is 17.9 Å². The molecule has 2 aromatic carbocycles. The van der Waals surface area contributed by atoms with Crippen molar-refractivity contribution in [1.82, 2.24) is 14.7 Å². The molecular weight excluding hydrogens is 326 g/mol. The summed E-state index contributed by atoms with van der Waals surface area (Å²) >= 11 is 0. The molecule has 7 heteroatoms. The lowest BCUT2D eigenvalue weighted by Gasteiger charge is -2.13. The fourth-order valence-corrected chi connectivity index (χ4v) is 3.73. The predicted molar refractivity (Wildman–Crippen MR) is 93.5 cm³/mol. The molecule has 0 bridgehead atoms. The van der Waals surface area contributed by atoms with Crippen molar-refractivity contribution in [2.75, 3.05) is 0 Å². The van der Waals surface area contributed by atoms with Gasteiger partial charge in [0.25, 0.3) is 0 Å². The Bertz CT molecular complexity index is 1030. The second-order valence-corrected chi connectivity index (χ2v) is 7.73. The second-order valence-electron chi connectivity index (χ2n) is 5.96. The van der Waals surface area contributed by atoms with Gasteiger partial charge in [0, 0.05) is 6.54 Å². The largest absolute Gasteiger partial charge is 0.323 e. The first-order valence-corrected chi connectivity index (χ1v) is 9.14. The standard InChI is InChI=1S/C17H19N3O3S/c1-11(2)14-6-4-3-5-12(14)10-18-24(22,23)13-7-8-15-16(9-13)20-17(21)19-15/h3-9,11,18H,10H2,1-2H3,(H2,19,20,21). The van der Waals surface area contributed by atoms with Crippen molar-refractivity contribution in [2.24, 2.45) is 0 Å². The zero-order valence-electron chi connectivity index (χ0n) is 13.5. The molecular formula is C17H19N3O3S. The van der Waals surface area contributed by atoms with Gasteiger partial charge < -0.3 is 9.97 Å². The summed E-state index contributed by atoms with van der Waals surface area (Å²) in [6.45, 7) is 4.37. The maximum absolute atomic E-state index is 12.5. The van der Waals surface area contributed by atoms with Crippen molar-refractivity contribution in [3.63, 3.8) is 0 Å². The molecule has 0 radical (unpaired) electrons. The molecule has 0 spiro atoms. The molecule has 0 atom stereocenters. The maximum atomic E-state index is 12.5. The highest BCUT2D eigenvalue weighted by molar-refractivity contribution is 7.89. The minimum Gasteiger partial charge on any atom is -0.306 e. The molecule has 0 saturated heterocycles. The van der Waals surface area contributed by atoms with Crippen molar-refractivity contribution >= 4 is 21.1 Å². The number of imidazole rings is 1. The lowest BCUT2D eigenvalue weighted by molar-refractivity contribution is 0.581. The van der Waals surface area contributed by atoms with Crippen molar-refractivity contribution < 1.29 is 8.42 Å². The number of rotatable bonds is 5. The lowest BCUT2D eigenvalue weighted by Crippen LogP contribution is -2.24. The highest BCUT2D eigenvalue weighted by Gasteiger charge is 2.16. The third-order valence-electron chi connectivity index (χ3n) is 3.93. The van der Waals surface area contributed by atoms with E-state index in [-0.39, 0.29) is 17.1 Å². The molecule has 0 unspecified atom stereocenters. The Morgan fingerprint density at radius 1 is 1.04 bits per heavy atom. The van der Waals surface area contributed by atoms with E-state index in [9.17, 15) is 13.2 Å². The molecule has 0 aliphatic heterocycles. The quantitative estimate of drug-likeness (QED) is 0.663. The normalized spacial score (nSPS) is 12.1. The smallest absolute Gasteiger partial charge is 0.306 e. The fraction of sp³-hybridized carbons (Fsp3) is 0.235. The van der Waals surface area contributed by atoms with E-state index in [1.165, 1.54) is 12.1 Å². The maximum Gasteiger partial charge on any atom is 0.323 e. The van der Waals surface area contributed by atoms with Crippen LogP contribution in [0.5, 0.6) is 0 Å². The fourth-order valence-electron chi connectivity index (χ4n) is 2.69. The average Bonchev–Trinajstić information content (AvgIpc) is 2.92. The molecule has 0 amide bonds. The van der Waals surface area contributed by atoms with Gasteiger partial charge in [0.15, 0.2) is 0 Å². The number of H-pyrrole nitrogens is 2. The van der Waals surface area contributed by atoms with Gasteiger partial charge in [-0.3, -0.25) is 0 Å². The zero-order valence-corrected chi connectivity index (χ0v) is 14.3. The van der Waals surface area contributed by atoms with Gasteiger partial charge in [0.05, 0.1) is 15.9 Å². The third kappa shape index (κ3) is 3.27. The van der Waals surface area contributed by atoms with Crippen LogP contribution in [0, 0.1) is 0 Å². The Morgan fingerprint density at radius 2 is 1.75 bits per heavy atom. The molecule has 0 fully saturated rings. The molecule has 0 aliphatic carbocycles. The first kappa shape index (κ1) is 16.5. The van der Waals surface area contributed by atoms with E-state index in [1.807, 2.05) is 24.3 Å². The van der Waals surface area contributed by atoms with Gasteiger partial charge in [-0.15, -0.1) is 0 Å². The van der Waals surface area contributed by atoms with Gasteiger partial charge in [0.1, 0.15) is 0 Å². The first-order chi connectivity index (χ1) is 11.4. The molecule has 1 heterocycles. The Kier molecular flexibility index (Phi) is 4.29. The Morgan fingerprint density at radius 3 is 2.50 bits per heavy atom. The summed E-state index contributed by atoms with van der Waals surface area (Å²) in [4.78, 5) is 16.6. The summed E-state index contributed by atoms with van der Waals surface area (Å²) in [6.07, 6.45) is 0. The van der Waals surface area contributed by atoms with E-state index >= 15 is 0 Å². The summed E-state index contributed by atoms with van der Waals surface area (Å²) in [7, 11) is -3.67. The number of nitrogens with one attached hydrogen (secondary N) is 3. The second kappa shape index (κ2) is 6.26. The molecule has 3 N–H and O–H groups in total. The van der Waals surface area contributed by atoms with Gasteiger partial charge in [-0.2, -0.15) is 0 Å². The van der Waals surface area contributed by atoms with Crippen LogP contribution in [0.2, 0.25) is 0 Å². The number of fused-ring (bicyclic) bond motifs is 1. The average molecular weight is 345 g/mol. The number of hydrogen-bond acceptors (Lipinski definition) is 3. The SMILES string of the molecule is CC(C)c1ccccc1CNS(=O)(=O)c1ccc2[nH]c(=O)[nH]c2c1. The van der Waals surface area contributed by atoms with Crippen LogP contribution in [-0.2, 0) is 16.6 Å². The van der Waals surface area contributed by atoms with E-state index in [4.69, 9.17) is 0 Å². The number of hydrogen-bond donors (Lipinski definition) is 3. The van der Waals surface area contributed by atoms with Gasteiger partial charge in [-0.1, -0.05) is 38.1 Å². The Labute approximate surface area is 140 Å². The highest BCUT2D eigenvalue weighted by atomic mass is 32.2. The van der Waals surface area contributed by atoms with Crippen LogP contribution in [0.4, 0.5) is 0 Å².